The molecule has 2 amide bonds. The van der Waals surface area contributed by atoms with Gasteiger partial charge in [0.15, 0.2) is 12.4 Å². The van der Waals surface area contributed by atoms with Gasteiger partial charge in [0.2, 0.25) is 11.8 Å². The van der Waals surface area contributed by atoms with Crippen molar-refractivity contribution in [3.05, 3.63) is 105 Å². The van der Waals surface area contributed by atoms with Crippen molar-refractivity contribution < 1.29 is 23.9 Å². The minimum absolute atomic E-state index is 0.369. The number of likely N-dealkylation sites (tertiary alicyclic amines) is 1. The maximum Gasteiger partial charge on any atom is 0.329 e. The van der Waals surface area contributed by atoms with E-state index in [0.29, 0.717) is 27.8 Å². The first-order chi connectivity index (χ1) is 18.1. The Bertz CT molecular complexity index is 1420. The van der Waals surface area contributed by atoms with Gasteiger partial charge in [-0.05, 0) is 41.3 Å². The van der Waals surface area contributed by atoms with E-state index in [1.807, 2.05) is 48.5 Å². The predicted octanol–water partition coefficient (Wildman–Crippen LogP) is 5.16. The van der Waals surface area contributed by atoms with E-state index in [0.717, 1.165) is 9.37 Å². The van der Waals surface area contributed by atoms with Crippen molar-refractivity contribution in [1.29, 1.82) is 0 Å². The number of ether oxygens (including phenoxy) is 1. The highest BCUT2D eigenvalue weighted by atomic mass is 79.9. The standard InChI is InChI=1S/C29H20BrCl2NO5/c1-15(27(37)38-14-22(34)16-10-12-17(30)13-11-16)33-25(35)23-24(26(33)36)29(32)19-7-3-2-6-18(19)28(23,31)20-8-4-5-9-21(20)29/h2-13,15,23-24H,14H2,1H3/t15-,23+,24+,28?,29?/m1/s1. The summed E-state index contributed by atoms with van der Waals surface area (Å²) in [6.45, 7) is 0.882. The van der Waals surface area contributed by atoms with E-state index in [1.54, 1.807) is 24.3 Å². The average molecular weight is 613 g/mol. The largest absolute Gasteiger partial charge is 0.456 e. The van der Waals surface area contributed by atoms with Crippen LogP contribution in [0, 0.1) is 11.8 Å². The molecular weight excluding hydrogens is 593 g/mol. The van der Waals surface area contributed by atoms with Crippen molar-refractivity contribution in [2.24, 2.45) is 11.8 Å². The van der Waals surface area contributed by atoms with Gasteiger partial charge in [0.05, 0.1) is 11.8 Å². The average Bonchev–Trinajstić information content (AvgIpc) is 3.21. The fourth-order valence-corrected chi connectivity index (χ4v) is 7.51. The molecule has 192 valence electrons. The van der Waals surface area contributed by atoms with Gasteiger partial charge in [-0.25, -0.2) is 4.79 Å². The molecule has 1 saturated heterocycles. The molecule has 0 spiro atoms. The number of alkyl halides is 2. The third-order valence-corrected chi connectivity index (χ3v) is 9.67. The lowest BCUT2D eigenvalue weighted by atomic mass is 9.54. The monoisotopic (exact) mass is 611 g/mol. The minimum atomic E-state index is -1.34. The summed E-state index contributed by atoms with van der Waals surface area (Å²) in [6.07, 6.45) is 0. The van der Waals surface area contributed by atoms with Gasteiger partial charge in [-0.1, -0.05) is 76.6 Å². The van der Waals surface area contributed by atoms with Gasteiger partial charge < -0.3 is 4.74 Å². The van der Waals surface area contributed by atoms with E-state index in [9.17, 15) is 19.2 Å². The van der Waals surface area contributed by atoms with E-state index >= 15 is 0 Å². The normalized spacial score (nSPS) is 27.4. The molecule has 1 aliphatic heterocycles. The Morgan fingerprint density at radius 3 is 1.68 bits per heavy atom. The Balaban J connectivity index is 1.33. The first-order valence-corrected chi connectivity index (χ1v) is 13.6. The lowest BCUT2D eigenvalue weighted by Gasteiger charge is -2.54. The molecule has 6 nitrogen and oxygen atoms in total. The quantitative estimate of drug-likeness (QED) is 0.172. The van der Waals surface area contributed by atoms with E-state index in [-0.39, 0.29) is 0 Å². The Labute approximate surface area is 237 Å². The lowest BCUT2D eigenvalue weighted by molar-refractivity contribution is -0.157. The number of imide groups is 1. The van der Waals surface area contributed by atoms with Crippen molar-refractivity contribution in [3.63, 3.8) is 0 Å². The van der Waals surface area contributed by atoms with Crippen LogP contribution in [0.1, 0.15) is 39.5 Å². The van der Waals surface area contributed by atoms with Crippen LogP contribution in [0.4, 0.5) is 0 Å². The molecule has 3 atom stereocenters. The minimum Gasteiger partial charge on any atom is -0.456 e. The highest BCUT2D eigenvalue weighted by molar-refractivity contribution is 9.10. The molecule has 38 heavy (non-hydrogen) atoms. The summed E-state index contributed by atoms with van der Waals surface area (Å²) in [5, 5.41) is 0. The number of benzene rings is 3. The molecule has 2 bridgehead atoms. The number of carbonyl (C=O) groups is 4. The summed E-state index contributed by atoms with van der Waals surface area (Å²) in [5.74, 6) is -4.49. The number of carbonyl (C=O) groups excluding carboxylic acids is 4. The zero-order valence-corrected chi connectivity index (χ0v) is 23.1. The zero-order chi connectivity index (χ0) is 27.0. The number of Topliss-reactive ketones (excluding diaryl/α,β-unsaturated/α-hetero) is 1. The molecule has 0 aromatic heterocycles. The van der Waals surface area contributed by atoms with E-state index in [4.69, 9.17) is 27.9 Å². The summed E-state index contributed by atoms with van der Waals surface area (Å²) >= 11 is 18.1. The molecule has 3 aromatic rings. The Morgan fingerprint density at radius 1 is 0.842 bits per heavy atom. The second-order valence-electron chi connectivity index (χ2n) is 9.73. The van der Waals surface area contributed by atoms with Crippen molar-refractivity contribution in [2.45, 2.75) is 22.7 Å². The van der Waals surface area contributed by atoms with Crippen molar-refractivity contribution in [3.8, 4) is 0 Å². The number of amides is 2. The topological polar surface area (TPSA) is 80.8 Å². The molecule has 0 saturated carbocycles. The van der Waals surface area contributed by atoms with E-state index in [2.05, 4.69) is 15.9 Å². The second kappa shape index (κ2) is 8.76. The molecular formula is C29H20BrCl2NO5. The number of ketones is 1. The van der Waals surface area contributed by atoms with Gasteiger partial charge in [-0.2, -0.15) is 0 Å². The zero-order valence-electron chi connectivity index (χ0n) is 20.0. The Hall–Kier alpha value is -3.00. The highest BCUT2D eigenvalue weighted by Crippen LogP contribution is 2.69. The lowest BCUT2D eigenvalue weighted by Crippen LogP contribution is -2.57. The number of nitrogens with zero attached hydrogens (tertiary/aromatic N) is 1. The van der Waals surface area contributed by atoms with Gasteiger partial charge in [0.25, 0.3) is 0 Å². The fraction of sp³-hybridized carbons (Fsp3) is 0.241. The third-order valence-electron chi connectivity index (χ3n) is 7.86. The Kier molecular flexibility index (Phi) is 5.83. The Morgan fingerprint density at radius 2 is 1.26 bits per heavy atom. The van der Waals surface area contributed by atoms with Crippen molar-refractivity contribution in [1.82, 2.24) is 4.90 Å². The van der Waals surface area contributed by atoms with Crippen LogP contribution in [0.2, 0.25) is 0 Å². The molecule has 0 unspecified atom stereocenters. The highest BCUT2D eigenvalue weighted by Gasteiger charge is 2.73. The van der Waals surface area contributed by atoms with Gasteiger partial charge in [-0.3, -0.25) is 19.3 Å². The van der Waals surface area contributed by atoms with Gasteiger partial charge >= 0.3 is 5.97 Å². The first kappa shape index (κ1) is 25.3. The summed E-state index contributed by atoms with van der Waals surface area (Å²) < 4.78 is 6.05. The summed E-state index contributed by atoms with van der Waals surface area (Å²) in [4.78, 5) is 51.6. The van der Waals surface area contributed by atoms with Gasteiger partial charge in [0.1, 0.15) is 15.8 Å². The van der Waals surface area contributed by atoms with Crippen LogP contribution in [0.3, 0.4) is 0 Å². The molecule has 7 rings (SSSR count). The number of hydrogen-bond acceptors (Lipinski definition) is 5. The second-order valence-corrected chi connectivity index (χ2v) is 11.8. The fourth-order valence-electron chi connectivity index (χ4n) is 6.15. The number of esters is 1. The molecule has 4 aliphatic rings. The van der Waals surface area contributed by atoms with Crippen LogP contribution in [0.5, 0.6) is 0 Å². The molecule has 0 radical (unpaired) electrons. The van der Waals surface area contributed by atoms with Crippen LogP contribution >= 0.6 is 39.1 Å². The van der Waals surface area contributed by atoms with Crippen LogP contribution in [0.25, 0.3) is 0 Å². The smallest absolute Gasteiger partial charge is 0.329 e. The number of hydrogen-bond donors (Lipinski definition) is 0. The third kappa shape index (κ3) is 3.25. The van der Waals surface area contributed by atoms with Crippen LogP contribution in [-0.2, 0) is 28.9 Å². The number of rotatable bonds is 5. The predicted molar refractivity (Wildman–Crippen MR) is 144 cm³/mol. The summed E-state index contributed by atoms with van der Waals surface area (Å²) in [6, 6.07) is 20.0. The molecule has 1 fully saturated rings. The molecule has 1 heterocycles. The van der Waals surface area contributed by atoms with Crippen LogP contribution in [0.15, 0.2) is 77.3 Å². The van der Waals surface area contributed by atoms with E-state index < -0.39 is 57.8 Å². The SMILES string of the molecule is C[C@H](C(=O)OCC(=O)c1ccc(Br)cc1)N1C(=O)[C@@H]2[C@@H](C1=O)C1(Cl)c3ccccc3C2(Cl)c2ccccc21. The van der Waals surface area contributed by atoms with E-state index in [1.165, 1.54) is 6.92 Å². The first-order valence-electron chi connectivity index (χ1n) is 12.0. The maximum atomic E-state index is 13.9. The summed E-state index contributed by atoms with van der Waals surface area (Å²) in [5.41, 5.74) is 3.07. The van der Waals surface area contributed by atoms with Crippen LogP contribution in [-0.4, -0.2) is 41.1 Å². The van der Waals surface area contributed by atoms with Gasteiger partial charge in [-0.15, -0.1) is 23.2 Å². The van der Waals surface area contributed by atoms with Crippen molar-refractivity contribution >= 4 is 62.7 Å². The molecule has 0 N–H and O–H groups in total. The van der Waals surface area contributed by atoms with Gasteiger partial charge in [0, 0.05) is 10.0 Å². The number of halogens is 3. The molecule has 9 heteroatoms. The molecule has 3 aliphatic carbocycles. The van der Waals surface area contributed by atoms with Crippen LogP contribution < -0.4 is 0 Å². The summed E-state index contributed by atoms with van der Waals surface area (Å²) in [7, 11) is 0. The van der Waals surface area contributed by atoms with Crippen molar-refractivity contribution in [2.75, 3.05) is 6.61 Å². The molecule has 3 aromatic carbocycles. The maximum absolute atomic E-state index is 13.9.